The van der Waals surface area contributed by atoms with Gasteiger partial charge in [-0.2, -0.15) is 5.10 Å². The molecule has 0 saturated heterocycles. The van der Waals surface area contributed by atoms with Crippen LogP contribution in [0, 0.1) is 0 Å². The summed E-state index contributed by atoms with van der Waals surface area (Å²) in [5.41, 5.74) is 5.54. The predicted molar refractivity (Wildman–Crippen MR) is 135 cm³/mol. The molecule has 0 spiro atoms. The van der Waals surface area contributed by atoms with Crippen molar-refractivity contribution >= 4 is 56.1 Å². The van der Waals surface area contributed by atoms with Crippen LogP contribution in [-0.2, 0) is 18.3 Å². The number of aromatic hydroxyl groups is 1. The van der Waals surface area contributed by atoms with Crippen LogP contribution in [0.15, 0.2) is 39.9 Å². The number of thiophene rings is 1. The van der Waals surface area contributed by atoms with Crippen molar-refractivity contribution in [3.63, 3.8) is 0 Å². The van der Waals surface area contributed by atoms with E-state index in [0.717, 1.165) is 63.6 Å². The molecule has 2 aromatic carbocycles. The fourth-order valence-electron chi connectivity index (χ4n) is 4.51. The molecule has 0 unspecified atom stereocenters. The fourth-order valence-corrected chi connectivity index (χ4v) is 5.92. The number of hydrogen-bond acceptors (Lipinski definition) is 5. The zero-order chi connectivity index (χ0) is 23.3. The third-order valence-electron chi connectivity index (χ3n) is 6.16. The third-order valence-corrected chi connectivity index (χ3v) is 7.84. The van der Waals surface area contributed by atoms with E-state index in [1.165, 1.54) is 17.6 Å². The Morgan fingerprint density at radius 2 is 2.00 bits per heavy atom. The number of phenols is 1. The van der Waals surface area contributed by atoms with Crippen LogP contribution in [0.25, 0.3) is 21.1 Å². The molecule has 0 saturated carbocycles. The smallest absolute Gasteiger partial charge is 0.283 e. The molecular weight excluding hydrogens is 456 g/mol. The largest absolute Gasteiger partial charge is 0.507 e. The Labute approximate surface area is 201 Å². The number of benzene rings is 2. The van der Waals surface area contributed by atoms with Gasteiger partial charge in [0.05, 0.1) is 11.2 Å². The van der Waals surface area contributed by atoms with Crippen LogP contribution < -0.4 is 5.43 Å². The number of carbonyl (C=O) groups excluding carboxylic acids is 1. The SMILES string of the molecule is CC(C)(C)c1cc2oc3c(c2c(/C=N/NC(=O)c2sc4ccccc4c2Cl)c1O)CCCC3. The monoisotopic (exact) mass is 480 g/mol. The second-order valence-electron chi connectivity index (χ2n) is 9.46. The first-order chi connectivity index (χ1) is 15.8. The van der Waals surface area contributed by atoms with Crippen molar-refractivity contribution in [1.29, 1.82) is 0 Å². The van der Waals surface area contributed by atoms with Crippen molar-refractivity contribution in [2.75, 3.05) is 0 Å². The highest BCUT2D eigenvalue weighted by Crippen LogP contribution is 2.42. The molecular formula is C26H25ClN2O3S. The predicted octanol–water partition coefficient (Wildman–Crippen LogP) is 6.95. The number of furan rings is 1. The first-order valence-electron chi connectivity index (χ1n) is 11.1. The van der Waals surface area contributed by atoms with Gasteiger partial charge in [-0.1, -0.05) is 50.6 Å². The van der Waals surface area contributed by atoms with Crippen molar-refractivity contribution in [3.05, 3.63) is 62.7 Å². The summed E-state index contributed by atoms with van der Waals surface area (Å²) in [6, 6.07) is 9.57. The van der Waals surface area contributed by atoms with Gasteiger partial charge < -0.3 is 9.52 Å². The number of amides is 1. The lowest BCUT2D eigenvalue weighted by Crippen LogP contribution is -2.17. The number of phenolic OH excluding ortho intramolecular Hbond substituents is 1. The zero-order valence-electron chi connectivity index (χ0n) is 18.8. The lowest BCUT2D eigenvalue weighted by molar-refractivity contribution is 0.0959. The Kier molecular flexibility index (Phi) is 5.46. The van der Waals surface area contributed by atoms with Gasteiger partial charge in [0.25, 0.3) is 5.91 Å². The van der Waals surface area contributed by atoms with Crippen molar-refractivity contribution in [3.8, 4) is 5.75 Å². The van der Waals surface area contributed by atoms with Crippen molar-refractivity contribution < 1.29 is 14.3 Å². The lowest BCUT2D eigenvalue weighted by atomic mass is 9.83. The van der Waals surface area contributed by atoms with Gasteiger partial charge in [0, 0.05) is 38.6 Å². The van der Waals surface area contributed by atoms with Crippen molar-refractivity contribution in [2.45, 2.75) is 51.9 Å². The maximum absolute atomic E-state index is 12.8. The molecule has 1 aliphatic carbocycles. The van der Waals surface area contributed by atoms with E-state index in [4.69, 9.17) is 16.0 Å². The molecule has 0 radical (unpaired) electrons. The van der Waals surface area contributed by atoms with E-state index < -0.39 is 0 Å². The summed E-state index contributed by atoms with van der Waals surface area (Å²) in [6.45, 7) is 6.13. The highest BCUT2D eigenvalue weighted by molar-refractivity contribution is 7.21. The quantitative estimate of drug-likeness (QED) is 0.246. The second-order valence-corrected chi connectivity index (χ2v) is 10.9. The van der Waals surface area contributed by atoms with Crippen LogP contribution in [0.1, 0.15) is 65.7 Å². The summed E-state index contributed by atoms with van der Waals surface area (Å²) in [6.07, 6.45) is 5.51. The molecule has 0 atom stereocenters. The maximum Gasteiger partial charge on any atom is 0.283 e. The minimum atomic E-state index is -0.380. The normalized spacial score (nSPS) is 14.3. The number of halogens is 1. The van der Waals surface area contributed by atoms with Gasteiger partial charge in [0.15, 0.2) is 0 Å². The first-order valence-corrected chi connectivity index (χ1v) is 12.3. The lowest BCUT2D eigenvalue weighted by Gasteiger charge is -2.21. The van der Waals surface area contributed by atoms with Gasteiger partial charge in [-0.3, -0.25) is 4.79 Å². The van der Waals surface area contributed by atoms with Crippen molar-refractivity contribution in [2.24, 2.45) is 5.10 Å². The van der Waals surface area contributed by atoms with Gasteiger partial charge in [-0.15, -0.1) is 11.3 Å². The summed E-state index contributed by atoms with van der Waals surface area (Å²) in [5.74, 6) is 0.772. The van der Waals surface area contributed by atoms with Crippen LogP contribution in [0.4, 0.5) is 0 Å². The second kappa shape index (κ2) is 8.19. The fraction of sp³-hybridized carbons (Fsp3) is 0.308. The zero-order valence-corrected chi connectivity index (χ0v) is 20.4. The number of fused-ring (bicyclic) bond motifs is 4. The number of nitrogens with one attached hydrogen (secondary N) is 1. The van der Waals surface area contributed by atoms with Crippen LogP contribution in [0.3, 0.4) is 0 Å². The molecule has 1 amide bonds. The van der Waals surface area contributed by atoms with Crippen LogP contribution in [-0.4, -0.2) is 17.2 Å². The summed E-state index contributed by atoms with van der Waals surface area (Å²) >= 11 is 7.76. The number of carbonyl (C=O) groups is 1. The standard InChI is InChI=1S/C26H25ClN2O3S/c1-26(2,3)17-12-19-21(14-8-4-6-10-18(14)32-19)16(23(17)30)13-28-29-25(31)24-22(27)15-9-5-7-11-20(15)33-24/h5,7,9,11-13,30H,4,6,8,10H2,1-3H3,(H,29,31)/b28-13+. The molecule has 4 aromatic rings. The molecule has 0 bridgehead atoms. The van der Waals surface area contributed by atoms with E-state index in [1.807, 2.05) is 51.1 Å². The third kappa shape index (κ3) is 3.81. The van der Waals surface area contributed by atoms with E-state index >= 15 is 0 Å². The molecule has 7 heteroatoms. The topological polar surface area (TPSA) is 74.8 Å². The Bertz CT molecular complexity index is 1430. The Balaban J connectivity index is 1.54. The van der Waals surface area contributed by atoms with Crippen LogP contribution in [0.2, 0.25) is 5.02 Å². The molecule has 5 nitrogen and oxygen atoms in total. The van der Waals surface area contributed by atoms with E-state index in [1.54, 1.807) is 0 Å². The summed E-state index contributed by atoms with van der Waals surface area (Å²) < 4.78 is 7.14. The van der Waals surface area contributed by atoms with E-state index in [9.17, 15) is 9.90 Å². The number of hydrogen-bond donors (Lipinski definition) is 2. The van der Waals surface area contributed by atoms with Gasteiger partial charge >= 0.3 is 0 Å². The molecule has 170 valence electrons. The van der Waals surface area contributed by atoms with Gasteiger partial charge in [-0.25, -0.2) is 5.43 Å². The number of aryl methyl sites for hydroxylation is 2. The van der Waals surface area contributed by atoms with E-state index in [-0.39, 0.29) is 17.1 Å². The molecule has 2 heterocycles. The minimum absolute atomic E-state index is 0.169. The highest BCUT2D eigenvalue weighted by atomic mass is 35.5. The molecule has 0 aliphatic heterocycles. The Morgan fingerprint density at radius 3 is 2.76 bits per heavy atom. The van der Waals surface area contributed by atoms with Gasteiger partial charge in [-0.05, 0) is 36.8 Å². The molecule has 2 N–H and O–H groups in total. The summed E-state index contributed by atoms with van der Waals surface area (Å²) in [4.78, 5) is 13.2. The first kappa shape index (κ1) is 22.0. The minimum Gasteiger partial charge on any atom is -0.507 e. The summed E-state index contributed by atoms with van der Waals surface area (Å²) in [5, 5.41) is 17.6. The maximum atomic E-state index is 12.8. The average molecular weight is 481 g/mol. The molecule has 2 aromatic heterocycles. The average Bonchev–Trinajstić information content (AvgIpc) is 3.32. The van der Waals surface area contributed by atoms with Crippen molar-refractivity contribution in [1.82, 2.24) is 5.43 Å². The molecule has 5 rings (SSSR count). The molecule has 33 heavy (non-hydrogen) atoms. The summed E-state index contributed by atoms with van der Waals surface area (Å²) in [7, 11) is 0. The van der Waals surface area contributed by atoms with Crippen LogP contribution >= 0.6 is 22.9 Å². The molecule has 1 aliphatic rings. The Hall–Kier alpha value is -2.83. The van der Waals surface area contributed by atoms with E-state index in [0.29, 0.717) is 15.5 Å². The van der Waals surface area contributed by atoms with E-state index in [2.05, 4.69) is 10.5 Å². The highest BCUT2D eigenvalue weighted by Gasteiger charge is 2.27. The van der Waals surface area contributed by atoms with Gasteiger partial charge in [0.1, 0.15) is 22.0 Å². The van der Waals surface area contributed by atoms with Crippen LogP contribution in [0.5, 0.6) is 5.75 Å². The number of hydrazone groups is 1. The Morgan fingerprint density at radius 1 is 1.24 bits per heavy atom. The number of rotatable bonds is 3. The number of nitrogens with zero attached hydrogens (tertiary/aromatic N) is 1. The van der Waals surface area contributed by atoms with Gasteiger partial charge in [0.2, 0.25) is 0 Å². The molecule has 0 fully saturated rings.